The number of alkyl halides is 3. The highest BCUT2D eigenvalue weighted by Crippen LogP contribution is 2.36. The Hall–Kier alpha value is -2.36. The molecule has 178 valence electrons. The maximum absolute atomic E-state index is 12.8. The van der Waals surface area contributed by atoms with E-state index in [1.165, 1.54) is 18.2 Å². The molecule has 0 amide bonds. The largest absolute Gasteiger partial charge is 0.491 e. The van der Waals surface area contributed by atoms with E-state index in [2.05, 4.69) is 0 Å². The maximum Gasteiger partial charge on any atom is 0.416 e. The molecule has 0 saturated heterocycles. The standard InChI is InChI=1S/C23H29F3O6/c24-23(25,26)15-6-5-7-17(12-15)32-14-16(27)10-11-19-18(20(28)13-21(19)29)8-3-1-2-4-9-22(30)31/h1,3,5-7,10-12,16,18-21,27-29H,2,4,8-9,13-14H2,(H,30,31)/b3-1-,11-10+/t16-,18?,19+,20-,21+/m0/s1. The normalized spacial score (nSPS) is 24.9. The molecule has 1 unspecified atom stereocenters. The number of carbonyl (C=O) groups is 1. The van der Waals surface area contributed by atoms with Gasteiger partial charge in [-0.25, -0.2) is 0 Å². The summed E-state index contributed by atoms with van der Waals surface area (Å²) in [5, 5.41) is 39.2. The number of aliphatic hydroxyl groups excluding tert-OH is 3. The van der Waals surface area contributed by atoms with E-state index in [0.29, 0.717) is 19.3 Å². The van der Waals surface area contributed by atoms with Gasteiger partial charge in [-0.15, -0.1) is 0 Å². The third kappa shape index (κ3) is 8.29. The summed E-state index contributed by atoms with van der Waals surface area (Å²) in [4.78, 5) is 10.5. The summed E-state index contributed by atoms with van der Waals surface area (Å²) in [5.74, 6) is -1.55. The average molecular weight is 458 g/mol. The van der Waals surface area contributed by atoms with Gasteiger partial charge in [0.25, 0.3) is 0 Å². The SMILES string of the molecule is O=C(O)CCC/C=C\CC1[C@@H](/C=C/[C@H](O)COc2cccc(C(F)(F)F)c2)[C@H](O)C[C@@H]1O. The lowest BCUT2D eigenvalue weighted by Crippen LogP contribution is -2.21. The van der Waals surface area contributed by atoms with E-state index in [0.717, 1.165) is 12.1 Å². The molecule has 2 rings (SSSR count). The Morgan fingerprint density at radius 1 is 1.22 bits per heavy atom. The van der Waals surface area contributed by atoms with Crippen molar-refractivity contribution < 1.29 is 43.1 Å². The summed E-state index contributed by atoms with van der Waals surface area (Å²) in [6.07, 6.45) is 1.48. The summed E-state index contributed by atoms with van der Waals surface area (Å²) in [6.45, 7) is -0.267. The van der Waals surface area contributed by atoms with Crippen LogP contribution in [0.2, 0.25) is 0 Å². The lowest BCUT2D eigenvalue weighted by atomic mass is 9.89. The number of ether oxygens (including phenoxy) is 1. The van der Waals surface area contributed by atoms with Gasteiger partial charge in [0.1, 0.15) is 18.5 Å². The molecule has 0 spiro atoms. The summed E-state index contributed by atoms with van der Waals surface area (Å²) in [7, 11) is 0. The van der Waals surface area contributed by atoms with Gasteiger partial charge in [-0.2, -0.15) is 13.2 Å². The number of carboxylic acid groups (broad SMARTS) is 1. The number of carboxylic acids is 1. The van der Waals surface area contributed by atoms with Crippen LogP contribution in [0.25, 0.3) is 0 Å². The van der Waals surface area contributed by atoms with Crippen molar-refractivity contribution in [2.75, 3.05) is 6.61 Å². The molecule has 9 heteroatoms. The van der Waals surface area contributed by atoms with Gasteiger partial charge in [-0.05, 0) is 43.4 Å². The molecule has 1 aromatic rings. The fraction of sp³-hybridized carbons (Fsp3) is 0.522. The number of halogens is 3. The highest BCUT2D eigenvalue weighted by molar-refractivity contribution is 5.66. The van der Waals surface area contributed by atoms with Crippen molar-refractivity contribution in [3.05, 3.63) is 54.1 Å². The van der Waals surface area contributed by atoms with Crippen molar-refractivity contribution in [1.29, 1.82) is 0 Å². The van der Waals surface area contributed by atoms with E-state index in [4.69, 9.17) is 9.84 Å². The lowest BCUT2D eigenvalue weighted by Gasteiger charge is -2.19. The number of rotatable bonds is 11. The minimum absolute atomic E-state index is 0.0190. The number of hydrogen-bond acceptors (Lipinski definition) is 5. The minimum Gasteiger partial charge on any atom is -0.491 e. The quantitative estimate of drug-likeness (QED) is 0.298. The van der Waals surface area contributed by atoms with Crippen LogP contribution in [0.5, 0.6) is 5.75 Å². The highest BCUT2D eigenvalue weighted by Gasteiger charge is 2.39. The van der Waals surface area contributed by atoms with Crippen molar-refractivity contribution in [3.63, 3.8) is 0 Å². The van der Waals surface area contributed by atoms with Gasteiger partial charge in [-0.3, -0.25) is 4.79 Å². The molecule has 32 heavy (non-hydrogen) atoms. The lowest BCUT2D eigenvalue weighted by molar-refractivity contribution is -0.138. The molecule has 1 saturated carbocycles. The molecular formula is C23H29F3O6. The molecule has 1 aliphatic carbocycles. The van der Waals surface area contributed by atoms with Gasteiger partial charge in [0.2, 0.25) is 0 Å². The fourth-order valence-electron chi connectivity index (χ4n) is 3.70. The second kappa shape index (κ2) is 12.0. The van der Waals surface area contributed by atoms with Crippen LogP contribution in [-0.4, -0.2) is 51.3 Å². The first-order valence-electron chi connectivity index (χ1n) is 10.5. The smallest absolute Gasteiger partial charge is 0.416 e. The van der Waals surface area contributed by atoms with Crippen LogP contribution in [0, 0.1) is 11.8 Å². The van der Waals surface area contributed by atoms with Gasteiger partial charge in [-0.1, -0.05) is 30.4 Å². The van der Waals surface area contributed by atoms with Gasteiger partial charge >= 0.3 is 12.1 Å². The van der Waals surface area contributed by atoms with E-state index in [-0.39, 0.29) is 31.1 Å². The number of hydrogen-bond donors (Lipinski definition) is 4. The fourth-order valence-corrected chi connectivity index (χ4v) is 3.70. The van der Waals surface area contributed by atoms with Crippen LogP contribution in [0.1, 0.15) is 37.7 Å². The number of aliphatic carboxylic acids is 1. The van der Waals surface area contributed by atoms with Crippen LogP contribution in [0.4, 0.5) is 13.2 Å². The third-order valence-corrected chi connectivity index (χ3v) is 5.39. The summed E-state index contributed by atoms with van der Waals surface area (Å²) < 4.78 is 43.5. The Morgan fingerprint density at radius 2 is 1.97 bits per heavy atom. The van der Waals surface area contributed by atoms with E-state index in [1.54, 1.807) is 6.08 Å². The van der Waals surface area contributed by atoms with Crippen LogP contribution in [-0.2, 0) is 11.0 Å². The summed E-state index contributed by atoms with van der Waals surface area (Å²) in [6, 6.07) is 4.36. The molecular weight excluding hydrogens is 429 g/mol. The molecule has 1 fully saturated rings. The van der Waals surface area contributed by atoms with Gasteiger partial charge < -0.3 is 25.2 Å². The summed E-state index contributed by atoms with van der Waals surface area (Å²) >= 11 is 0. The number of unbranched alkanes of at least 4 members (excludes halogenated alkanes) is 1. The van der Waals surface area contributed by atoms with Gasteiger partial charge in [0.15, 0.2) is 0 Å². The zero-order valence-corrected chi connectivity index (χ0v) is 17.5. The topological polar surface area (TPSA) is 107 Å². The first-order valence-corrected chi connectivity index (χ1v) is 10.5. The van der Waals surface area contributed by atoms with Crippen LogP contribution in [0.15, 0.2) is 48.6 Å². The molecule has 0 aromatic heterocycles. The third-order valence-electron chi connectivity index (χ3n) is 5.39. The van der Waals surface area contributed by atoms with Crippen molar-refractivity contribution in [2.45, 2.75) is 56.6 Å². The van der Waals surface area contributed by atoms with E-state index in [9.17, 15) is 33.3 Å². The molecule has 0 heterocycles. The Balaban J connectivity index is 1.87. The Morgan fingerprint density at radius 3 is 2.66 bits per heavy atom. The summed E-state index contributed by atoms with van der Waals surface area (Å²) in [5.41, 5.74) is -0.845. The molecule has 6 nitrogen and oxygen atoms in total. The van der Waals surface area contributed by atoms with Gasteiger partial charge in [0.05, 0.1) is 17.8 Å². The predicted molar refractivity (Wildman–Crippen MR) is 111 cm³/mol. The zero-order chi connectivity index (χ0) is 23.7. The molecule has 4 N–H and O–H groups in total. The van der Waals surface area contributed by atoms with Crippen molar-refractivity contribution in [1.82, 2.24) is 0 Å². The first kappa shape index (κ1) is 25.9. The Labute approximate surface area is 184 Å². The van der Waals surface area contributed by atoms with Crippen molar-refractivity contribution in [2.24, 2.45) is 11.8 Å². The highest BCUT2D eigenvalue weighted by atomic mass is 19.4. The molecule has 1 aromatic carbocycles. The Kier molecular flexibility index (Phi) is 9.74. The van der Waals surface area contributed by atoms with E-state index < -0.39 is 41.9 Å². The molecule has 0 bridgehead atoms. The molecule has 0 radical (unpaired) electrons. The molecule has 5 atom stereocenters. The van der Waals surface area contributed by atoms with E-state index in [1.807, 2.05) is 12.2 Å². The van der Waals surface area contributed by atoms with Crippen LogP contribution >= 0.6 is 0 Å². The zero-order valence-electron chi connectivity index (χ0n) is 17.5. The number of benzene rings is 1. The number of allylic oxidation sites excluding steroid dienone is 2. The van der Waals surface area contributed by atoms with Crippen molar-refractivity contribution >= 4 is 5.97 Å². The second-order valence-electron chi connectivity index (χ2n) is 7.89. The van der Waals surface area contributed by atoms with Crippen molar-refractivity contribution in [3.8, 4) is 5.75 Å². The van der Waals surface area contributed by atoms with E-state index >= 15 is 0 Å². The van der Waals surface area contributed by atoms with Crippen LogP contribution in [0.3, 0.4) is 0 Å². The van der Waals surface area contributed by atoms with Gasteiger partial charge in [0, 0.05) is 18.8 Å². The first-order chi connectivity index (χ1) is 15.1. The van der Waals surface area contributed by atoms with Crippen LogP contribution < -0.4 is 4.74 Å². The average Bonchev–Trinajstić information content (AvgIpc) is 2.99. The monoisotopic (exact) mass is 458 g/mol. The predicted octanol–water partition coefficient (Wildman–Crippen LogP) is 3.56. The second-order valence-corrected chi connectivity index (χ2v) is 7.89. The maximum atomic E-state index is 12.8. The molecule has 0 aliphatic heterocycles. The molecule has 1 aliphatic rings. The Bertz CT molecular complexity index is 792. The number of aliphatic hydroxyl groups is 3. The minimum atomic E-state index is -4.49.